The van der Waals surface area contributed by atoms with Crippen molar-refractivity contribution in [2.75, 3.05) is 0 Å². The smallest absolute Gasteiger partial charge is 0.335 e. The van der Waals surface area contributed by atoms with Gasteiger partial charge in [-0.25, -0.2) is 4.79 Å². The van der Waals surface area contributed by atoms with Crippen molar-refractivity contribution in [2.45, 2.75) is 6.61 Å². The van der Waals surface area contributed by atoms with Gasteiger partial charge in [-0.05, 0) is 42.0 Å². The molecule has 4 nitrogen and oxygen atoms in total. The molecule has 0 aromatic heterocycles. The molecule has 0 radical (unpaired) electrons. The molecule has 0 amide bonds. The third kappa shape index (κ3) is 5.17. The summed E-state index contributed by atoms with van der Waals surface area (Å²) in [4.78, 5) is 10.9. The summed E-state index contributed by atoms with van der Waals surface area (Å²) in [5.74, 6) is -0.384. The zero-order valence-electron chi connectivity index (χ0n) is 15.1. The van der Waals surface area contributed by atoms with Gasteiger partial charge in [-0.3, -0.25) is 0 Å². The van der Waals surface area contributed by atoms with Gasteiger partial charge >= 0.3 is 5.97 Å². The Morgan fingerprint density at radius 2 is 1.79 bits per heavy atom. The predicted octanol–water partition coefficient (Wildman–Crippen LogP) is 6.33. The van der Waals surface area contributed by atoms with Crippen molar-refractivity contribution in [1.82, 2.24) is 0 Å². The number of para-hydroxylation sites is 1. The molecule has 0 saturated heterocycles. The number of halogens is 2. The SMILES string of the molecule is N#C/C(=C/c1ccccc1OCc1ccc(C(=O)O)cc1)c1ccc(Cl)cc1Cl. The molecule has 0 atom stereocenters. The fraction of sp³-hybridized carbons (Fsp3) is 0.0435. The lowest BCUT2D eigenvalue weighted by atomic mass is 10.0. The molecule has 0 heterocycles. The van der Waals surface area contributed by atoms with E-state index in [9.17, 15) is 10.1 Å². The minimum atomic E-state index is -0.974. The molecular weight excluding hydrogens is 409 g/mol. The highest BCUT2D eigenvalue weighted by Crippen LogP contribution is 2.30. The molecule has 0 unspecified atom stereocenters. The second kappa shape index (κ2) is 9.29. The summed E-state index contributed by atoms with van der Waals surface area (Å²) in [5, 5.41) is 19.5. The molecule has 0 aliphatic rings. The van der Waals surface area contributed by atoms with E-state index in [1.165, 1.54) is 12.1 Å². The van der Waals surface area contributed by atoms with E-state index in [0.29, 0.717) is 26.9 Å². The number of ether oxygens (including phenoxy) is 1. The maximum atomic E-state index is 10.9. The zero-order valence-corrected chi connectivity index (χ0v) is 16.6. The van der Waals surface area contributed by atoms with E-state index in [2.05, 4.69) is 6.07 Å². The number of nitrogens with zero attached hydrogens (tertiary/aromatic N) is 1. The summed E-state index contributed by atoms with van der Waals surface area (Å²) in [6, 6.07) is 20.9. The number of allylic oxidation sites excluding steroid dienone is 1. The van der Waals surface area contributed by atoms with Crippen LogP contribution in [0.5, 0.6) is 5.75 Å². The molecule has 6 heteroatoms. The quantitative estimate of drug-likeness (QED) is 0.371. The molecule has 0 spiro atoms. The number of hydrogen-bond donors (Lipinski definition) is 1. The van der Waals surface area contributed by atoms with E-state index >= 15 is 0 Å². The third-order valence-corrected chi connectivity index (χ3v) is 4.70. The van der Waals surface area contributed by atoms with Gasteiger partial charge in [0, 0.05) is 16.1 Å². The molecule has 0 aliphatic heterocycles. The van der Waals surface area contributed by atoms with Gasteiger partial charge in [0.1, 0.15) is 12.4 Å². The number of carbonyl (C=O) groups is 1. The number of nitriles is 1. The fourth-order valence-electron chi connectivity index (χ4n) is 2.67. The van der Waals surface area contributed by atoms with Gasteiger partial charge in [-0.2, -0.15) is 5.26 Å². The molecule has 3 aromatic carbocycles. The lowest BCUT2D eigenvalue weighted by molar-refractivity contribution is 0.0697. The molecule has 0 saturated carbocycles. The van der Waals surface area contributed by atoms with Crippen LogP contribution in [0.25, 0.3) is 11.6 Å². The van der Waals surface area contributed by atoms with E-state index in [1.807, 2.05) is 18.2 Å². The van der Waals surface area contributed by atoms with E-state index < -0.39 is 5.97 Å². The van der Waals surface area contributed by atoms with Gasteiger partial charge in [0.25, 0.3) is 0 Å². The third-order valence-electron chi connectivity index (χ3n) is 4.16. The van der Waals surface area contributed by atoms with Gasteiger partial charge < -0.3 is 9.84 Å². The summed E-state index contributed by atoms with van der Waals surface area (Å²) >= 11 is 12.2. The van der Waals surface area contributed by atoms with Gasteiger partial charge in [0.2, 0.25) is 0 Å². The second-order valence-electron chi connectivity index (χ2n) is 6.12. The average molecular weight is 424 g/mol. The van der Waals surface area contributed by atoms with Gasteiger partial charge in [-0.15, -0.1) is 0 Å². The molecule has 3 aromatic rings. The topological polar surface area (TPSA) is 70.3 Å². The van der Waals surface area contributed by atoms with Crippen molar-refractivity contribution in [3.8, 4) is 11.8 Å². The standard InChI is InChI=1S/C23H15Cl2NO3/c24-19-9-10-20(21(25)12-19)18(13-26)11-17-3-1-2-4-22(17)29-14-15-5-7-16(8-6-15)23(27)28/h1-12H,14H2,(H,27,28)/b18-11-. The van der Waals surface area contributed by atoms with Crippen LogP contribution in [0, 0.1) is 11.3 Å². The van der Waals surface area contributed by atoms with Gasteiger partial charge in [-0.1, -0.05) is 59.6 Å². The Labute approximate surface area is 178 Å². The first kappa shape index (κ1) is 20.5. The van der Waals surface area contributed by atoms with Crippen LogP contribution < -0.4 is 4.74 Å². The largest absolute Gasteiger partial charge is 0.488 e. The molecule has 0 fully saturated rings. The number of carboxylic acid groups (broad SMARTS) is 1. The van der Waals surface area contributed by atoms with Crippen molar-refractivity contribution in [3.63, 3.8) is 0 Å². The van der Waals surface area contributed by atoms with Crippen LogP contribution in [-0.4, -0.2) is 11.1 Å². The van der Waals surface area contributed by atoms with Gasteiger partial charge in [0.05, 0.1) is 22.2 Å². The van der Waals surface area contributed by atoms with E-state index in [-0.39, 0.29) is 12.2 Å². The highest BCUT2D eigenvalue weighted by molar-refractivity contribution is 6.36. The first-order valence-electron chi connectivity index (χ1n) is 8.59. The Kier molecular flexibility index (Phi) is 6.56. The van der Waals surface area contributed by atoms with Gasteiger partial charge in [0.15, 0.2) is 0 Å². The molecule has 3 rings (SSSR count). The van der Waals surface area contributed by atoms with Crippen molar-refractivity contribution in [3.05, 3.63) is 99.0 Å². The molecular formula is C23H15Cl2NO3. The minimum Gasteiger partial charge on any atom is -0.488 e. The van der Waals surface area contributed by atoms with Crippen molar-refractivity contribution < 1.29 is 14.6 Å². The Bertz CT molecular complexity index is 1120. The Balaban J connectivity index is 1.85. The summed E-state index contributed by atoms with van der Waals surface area (Å²) in [5.41, 5.74) is 2.73. The molecule has 0 bridgehead atoms. The van der Waals surface area contributed by atoms with E-state index in [0.717, 1.165) is 11.1 Å². The molecule has 1 N–H and O–H groups in total. The highest BCUT2D eigenvalue weighted by atomic mass is 35.5. The van der Waals surface area contributed by atoms with Crippen LogP contribution in [0.15, 0.2) is 66.7 Å². The van der Waals surface area contributed by atoms with Crippen molar-refractivity contribution in [1.29, 1.82) is 5.26 Å². The Hall–Kier alpha value is -3.26. The lowest BCUT2D eigenvalue weighted by Gasteiger charge is -2.10. The second-order valence-corrected chi connectivity index (χ2v) is 6.97. The first-order chi connectivity index (χ1) is 14.0. The minimum absolute atomic E-state index is 0.218. The molecule has 29 heavy (non-hydrogen) atoms. The zero-order chi connectivity index (χ0) is 20.8. The number of aromatic carboxylic acids is 1. The predicted molar refractivity (Wildman–Crippen MR) is 114 cm³/mol. The van der Waals surface area contributed by atoms with Crippen LogP contribution in [-0.2, 0) is 6.61 Å². The van der Waals surface area contributed by atoms with Crippen molar-refractivity contribution in [2.24, 2.45) is 0 Å². The number of rotatable bonds is 6. The fourth-order valence-corrected chi connectivity index (χ4v) is 3.18. The van der Waals surface area contributed by atoms with Crippen LogP contribution in [0.2, 0.25) is 10.0 Å². The monoisotopic (exact) mass is 423 g/mol. The Morgan fingerprint density at radius 1 is 1.07 bits per heavy atom. The highest BCUT2D eigenvalue weighted by Gasteiger charge is 2.10. The van der Waals surface area contributed by atoms with Crippen LogP contribution in [0.1, 0.15) is 27.0 Å². The maximum absolute atomic E-state index is 10.9. The number of hydrogen-bond acceptors (Lipinski definition) is 3. The average Bonchev–Trinajstić information content (AvgIpc) is 2.72. The van der Waals surface area contributed by atoms with E-state index in [1.54, 1.807) is 42.5 Å². The first-order valence-corrected chi connectivity index (χ1v) is 9.35. The summed E-state index contributed by atoms with van der Waals surface area (Å²) in [6.45, 7) is 0.258. The summed E-state index contributed by atoms with van der Waals surface area (Å²) in [6.07, 6.45) is 1.71. The van der Waals surface area contributed by atoms with Crippen LogP contribution in [0.3, 0.4) is 0 Å². The number of carboxylic acids is 1. The van der Waals surface area contributed by atoms with Crippen LogP contribution in [0.4, 0.5) is 0 Å². The normalized spacial score (nSPS) is 11.0. The van der Waals surface area contributed by atoms with Crippen molar-refractivity contribution >= 4 is 40.8 Å². The van der Waals surface area contributed by atoms with E-state index in [4.69, 9.17) is 33.0 Å². The molecule has 144 valence electrons. The number of benzene rings is 3. The maximum Gasteiger partial charge on any atom is 0.335 e. The molecule has 0 aliphatic carbocycles. The summed E-state index contributed by atoms with van der Waals surface area (Å²) < 4.78 is 5.90. The Morgan fingerprint density at radius 3 is 2.45 bits per heavy atom. The summed E-state index contributed by atoms with van der Waals surface area (Å²) in [7, 11) is 0. The lowest BCUT2D eigenvalue weighted by Crippen LogP contribution is -1.99. The van der Waals surface area contributed by atoms with Crippen LogP contribution >= 0.6 is 23.2 Å².